The Morgan fingerprint density at radius 3 is 2.71 bits per heavy atom. The number of alkyl halides is 2. The van der Waals surface area contributed by atoms with Crippen LogP contribution in [0.3, 0.4) is 0 Å². The Balaban J connectivity index is 2.86. The van der Waals surface area contributed by atoms with Gasteiger partial charge in [-0.2, -0.15) is 0 Å². The van der Waals surface area contributed by atoms with E-state index < -0.39 is 12.2 Å². The van der Waals surface area contributed by atoms with Crippen LogP contribution < -0.4 is 0 Å². The van der Waals surface area contributed by atoms with Crippen LogP contribution in [0.2, 0.25) is 0 Å². The maximum atomic E-state index is 13.2. The van der Waals surface area contributed by atoms with Gasteiger partial charge in [0.15, 0.2) is 0 Å². The van der Waals surface area contributed by atoms with Crippen molar-refractivity contribution < 1.29 is 13.2 Å². The van der Waals surface area contributed by atoms with E-state index in [1.807, 2.05) is 0 Å². The van der Waals surface area contributed by atoms with Crippen LogP contribution in [0.5, 0.6) is 0 Å². The Morgan fingerprint density at radius 2 is 2.07 bits per heavy atom. The van der Waals surface area contributed by atoms with Crippen molar-refractivity contribution in [3.05, 3.63) is 28.9 Å². The van der Waals surface area contributed by atoms with Crippen molar-refractivity contribution in [2.75, 3.05) is 0 Å². The standard InChI is InChI=1S/C9H5F3S2/c10-5-3-6(13)7(9(11)12)4-1-2-14-8(4)5/h1-3,9,13H. The van der Waals surface area contributed by atoms with Gasteiger partial charge in [-0.25, -0.2) is 13.2 Å². The van der Waals surface area contributed by atoms with Crippen LogP contribution in [0.1, 0.15) is 12.0 Å². The predicted octanol–water partition coefficient (Wildman–Crippen LogP) is 4.27. The summed E-state index contributed by atoms with van der Waals surface area (Å²) in [6.45, 7) is 0. The second-order valence-corrected chi connectivity index (χ2v) is 4.15. The Bertz CT molecular complexity index is 476. The van der Waals surface area contributed by atoms with Gasteiger partial charge in [0.1, 0.15) is 5.82 Å². The number of halogens is 3. The van der Waals surface area contributed by atoms with Crippen LogP contribution in [0.4, 0.5) is 13.2 Å². The lowest BCUT2D eigenvalue weighted by atomic mass is 10.1. The highest BCUT2D eigenvalue weighted by Crippen LogP contribution is 2.36. The summed E-state index contributed by atoms with van der Waals surface area (Å²) in [5.41, 5.74) is -0.189. The number of thiophene rings is 1. The van der Waals surface area contributed by atoms with Crippen LogP contribution in [0, 0.1) is 5.82 Å². The summed E-state index contributed by atoms with van der Waals surface area (Å²) in [4.78, 5) is 0.00315. The maximum absolute atomic E-state index is 13.2. The summed E-state index contributed by atoms with van der Waals surface area (Å²) in [5, 5.41) is 1.85. The van der Waals surface area contributed by atoms with Crippen molar-refractivity contribution in [1.82, 2.24) is 0 Å². The number of benzene rings is 1. The molecule has 2 aromatic rings. The first kappa shape index (κ1) is 9.86. The minimum Gasteiger partial charge on any atom is -0.205 e. The van der Waals surface area contributed by atoms with Gasteiger partial charge < -0.3 is 0 Å². The summed E-state index contributed by atoms with van der Waals surface area (Å²) in [6.07, 6.45) is -2.62. The van der Waals surface area contributed by atoms with Gasteiger partial charge in [-0.1, -0.05) is 0 Å². The van der Waals surface area contributed by atoms with E-state index in [4.69, 9.17) is 0 Å². The fourth-order valence-electron chi connectivity index (χ4n) is 1.34. The van der Waals surface area contributed by atoms with E-state index in [9.17, 15) is 13.2 Å². The summed E-state index contributed by atoms with van der Waals surface area (Å²) in [6, 6.07) is 2.52. The first-order valence-corrected chi connectivity index (χ1v) is 5.10. The molecule has 0 saturated heterocycles. The van der Waals surface area contributed by atoms with Gasteiger partial charge in [0, 0.05) is 15.8 Å². The minimum atomic E-state index is -2.62. The molecule has 2 rings (SSSR count). The molecule has 0 radical (unpaired) electrons. The zero-order chi connectivity index (χ0) is 10.3. The normalized spacial score (nSPS) is 11.5. The van der Waals surface area contributed by atoms with E-state index in [-0.39, 0.29) is 20.5 Å². The smallest absolute Gasteiger partial charge is 0.205 e. The highest BCUT2D eigenvalue weighted by molar-refractivity contribution is 7.80. The molecule has 0 saturated carbocycles. The molecule has 0 unspecified atom stereocenters. The molecule has 0 aliphatic heterocycles. The third-order valence-corrected chi connectivity index (χ3v) is 3.22. The Hall–Kier alpha value is -0.680. The van der Waals surface area contributed by atoms with Gasteiger partial charge in [0.05, 0.1) is 4.70 Å². The topological polar surface area (TPSA) is 0 Å². The zero-order valence-electron chi connectivity index (χ0n) is 6.80. The monoisotopic (exact) mass is 234 g/mol. The van der Waals surface area contributed by atoms with Crippen LogP contribution in [0.25, 0.3) is 10.1 Å². The molecule has 0 spiro atoms. The summed E-state index contributed by atoms with van der Waals surface area (Å²) in [5.74, 6) is -0.496. The first-order valence-electron chi connectivity index (χ1n) is 3.78. The molecule has 1 heterocycles. The van der Waals surface area contributed by atoms with Gasteiger partial charge in [0.25, 0.3) is 6.43 Å². The van der Waals surface area contributed by atoms with Gasteiger partial charge in [-0.05, 0) is 17.5 Å². The van der Waals surface area contributed by atoms with E-state index >= 15 is 0 Å². The maximum Gasteiger partial charge on any atom is 0.265 e. The third kappa shape index (κ3) is 1.40. The minimum absolute atomic E-state index is 0.00315. The quantitative estimate of drug-likeness (QED) is 0.700. The summed E-state index contributed by atoms with van der Waals surface area (Å²) < 4.78 is 38.7. The number of hydrogen-bond acceptors (Lipinski definition) is 2. The molecule has 1 aromatic heterocycles. The zero-order valence-corrected chi connectivity index (χ0v) is 8.51. The number of rotatable bonds is 1. The third-order valence-electron chi connectivity index (χ3n) is 1.93. The average molecular weight is 234 g/mol. The first-order chi connectivity index (χ1) is 6.61. The van der Waals surface area contributed by atoms with Gasteiger partial charge in [-0.3, -0.25) is 0 Å². The molecule has 0 N–H and O–H groups in total. The molecular weight excluding hydrogens is 229 g/mol. The molecule has 0 aliphatic rings. The molecule has 0 amide bonds. The Kier molecular flexibility index (Phi) is 2.45. The van der Waals surface area contributed by atoms with Gasteiger partial charge in [0.2, 0.25) is 0 Å². The number of hydrogen-bond donors (Lipinski definition) is 1. The molecule has 0 bridgehead atoms. The van der Waals surface area contributed by atoms with Crippen LogP contribution in [-0.2, 0) is 0 Å². The fraction of sp³-hybridized carbons (Fsp3) is 0.111. The molecular formula is C9H5F3S2. The Labute approximate surface area is 87.8 Å². The van der Waals surface area contributed by atoms with E-state index in [1.54, 1.807) is 5.38 Å². The second kappa shape index (κ2) is 3.47. The van der Waals surface area contributed by atoms with Crippen LogP contribution in [-0.4, -0.2) is 0 Å². The van der Waals surface area contributed by atoms with Crippen molar-refractivity contribution in [3.8, 4) is 0 Å². The lowest BCUT2D eigenvalue weighted by Crippen LogP contribution is -1.89. The molecule has 0 aliphatic carbocycles. The van der Waals surface area contributed by atoms with Crippen molar-refractivity contribution in [2.45, 2.75) is 11.3 Å². The Morgan fingerprint density at radius 1 is 1.36 bits per heavy atom. The lowest BCUT2D eigenvalue weighted by Gasteiger charge is -2.06. The van der Waals surface area contributed by atoms with Crippen LogP contribution in [0.15, 0.2) is 22.4 Å². The highest BCUT2D eigenvalue weighted by Gasteiger charge is 2.18. The van der Waals surface area contributed by atoms with Crippen molar-refractivity contribution >= 4 is 34.1 Å². The average Bonchev–Trinajstić information content (AvgIpc) is 2.51. The highest BCUT2D eigenvalue weighted by atomic mass is 32.1. The molecule has 0 atom stereocenters. The largest absolute Gasteiger partial charge is 0.265 e. The van der Waals surface area contributed by atoms with E-state index in [2.05, 4.69) is 12.6 Å². The van der Waals surface area contributed by atoms with Crippen LogP contribution >= 0.6 is 24.0 Å². The van der Waals surface area contributed by atoms with Crippen molar-refractivity contribution in [2.24, 2.45) is 0 Å². The summed E-state index contributed by atoms with van der Waals surface area (Å²) >= 11 is 4.95. The van der Waals surface area contributed by atoms with Gasteiger partial charge >= 0.3 is 0 Å². The number of fused-ring (bicyclic) bond motifs is 1. The summed E-state index contributed by atoms with van der Waals surface area (Å²) in [7, 11) is 0. The second-order valence-electron chi connectivity index (χ2n) is 2.76. The fourth-order valence-corrected chi connectivity index (χ4v) is 2.49. The van der Waals surface area contributed by atoms with E-state index in [1.165, 1.54) is 6.07 Å². The van der Waals surface area contributed by atoms with Gasteiger partial charge in [-0.15, -0.1) is 24.0 Å². The lowest BCUT2D eigenvalue weighted by molar-refractivity contribution is 0.150. The van der Waals surface area contributed by atoms with Crippen molar-refractivity contribution in [1.29, 1.82) is 0 Å². The molecule has 1 aromatic carbocycles. The molecule has 0 nitrogen and oxygen atoms in total. The number of thiol groups is 1. The van der Waals surface area contributed by atoms with E-state index in [0.717, 1.165) is 17.4 Å². The SMILES string of the molecule is Fc1cc(S)c(C(F)F)c2ccsc12. The molecule has 0 fully saturated rings. The van der Waals surface area contributed by atoms with Crippen molar-refractivity contribution in [3.63, 3.8) is 0 Å². The molecule has 74 valence electrons. The molecule has 5 heteroatoms. The molecule has 14 heavy (non-hydrogen) atoms. The van der Waals surface area contributed by atoms with E-state index in [0.29, 0.717) is 0 Å². The predicted molar refractivity (Wildman–Crippen MR) is 54.0 cm³/mol.